The third kappa shape index (κ3) is 4.32. The highest BCUT2D eigenvalue weighted by Crippen LogP contribution is 2.58. The Kier molecular flexibility index (Phi) is 6.57. The second-order valence-electron chi connectivity index (χ2n) is 11.7. The highest BCUT2D eigenvalue weighted by Gasteiger charge is 2.47. The van der Waals surface area contributed by atoms with E-state index in [9.17, 15) is 0 Å². The molecule has 0 spiro atoms. The van der Waals surface area contributed by atoms with E-state index in [0.29, 0.717) is 0 Å². The van der Waals surface area contributed by atoms with Gasteiger partial charge in [-0.25, -0.2) is 0 Å². The Morgan fingerprint density at radius 3 is 2.00 bits per heavy atom. The largest absolute Gasteiger partial charge is 0.355 e. The molecule has 0 radical (unpaired) electrons. The molecule has 0 fully saturated rings. The van der Waals surface area contributed by atoms with Gasteiger partial charge in [-0.15, -0.1) is 0 Å². The van der Waals surface area contributed by atoms with Gasteiger partial charge in [0, 0.05) is 16.9 Å². The average molecular weight is 564 g/mol. The molecular formula is C43H33N. The van der Waals surface area contributed by atoms with Crippen LogP contribution in [0.1, 0.15) is 29.5 Å². The zero-order valence-electron chi connectivity index (χ0n) is 24.6. The number of fused-ring (bicyclic) bond motifs is 3. The van der Waals surface area contributed by atoms with Gasteiger partial charge in [0.1, 0.15) is 0 Å². The molecule has 2 aliphatic rings. The minimum atomic E-state index is -0.321. The van der Waals surface area contributed by atoms with Gasteiger partial charge in [-0.2, -0.15) is 0 Å². The Bertz CT molecular complexity index is 2030. The number of anilines is 2. The van der Waals surface area contributed by atoms with Crippen molar-refractivity contribution in [3.05, 3.63) is 192 Å². The summed E-state index contributed by atoms with van der Waals surface area (Å²) < 4.78 is 0. The minimum Gasteiger partial charge on any atom is -0.355 e. The van der Waals surface area contributed by atoms with Crippen LogP contribution in [0, 0.1) is 0 Å². The Hall–Kier alpha value is -5.40. The molecule has 2 aliphatic carbocycles. The summed E-state index contributed by atoms with van der Waals surface area (Å²) in [5.41, 5.74) is 14.9. The fourth-order valence-corrected chi connectivity index (χ4v) is 7.30. The molecule has 0 bridgehead atoms. The van der Waals surface area contributed by atoms with Gasteiger partial charge in [0.2, 0.25) is 0 Å². The summed E-state index contributed by atoms with van der Waals surface area (Å²) in [6.45, 7) is 0. The predicted molar refractivity (Wildman–Crippen MR) is 185 cm³/mol. The second kappa shape index (κ2) is 11.0. The monoisotopic (exact) mass is 563 g/mol. The van der Waals surface area contributed by atoms with Gasteiger partial charge >= 0.3 is 0 Å². The SMILES string of the molecule is C1=CCCC(C2(c3ccccc3)c3ccccc3-c3ccc(-c4cccc(Nc5ccccc5-c5ccccc5)c4)cc32)=C1. The Morgan fingerprint density at radius 1 is 0.500 bits per heavy atom. The van der Waals surface area contributed by atoms with Crippen molar-refractivity contribution in [2.75, 3.05) is 5.32 Å². The number of hydrogen-bond acceptors (Lipinski definition) is 1. The van der Waals surface area contributed by atoms with Gasteiger partial charge in [-0.1, -0.05) is 151 Å². The third-order valence-electron chi connectivity index (χ3n) is 9.23. The zero-order valence-corrected chi connectivity index (χ0v) is 24.6. The molecule has 1 atom stereocenters. The van der Waals surface area contributed by atoms with E-state index in [1.54, 1.807) is 0 Å². The lowest BCUT2D eigenvalue weighted by Crippen LogP contribution is -2.30. The van der Waals surface area contributed by atoms with Crippen molar-refractivity contribution >= 4 is 11.4 Å². The number of nitrogens with one attached hydrogen (secondary N) is 1. The maximum Gasteiger partial charge on any atom is 0.0676 e. The van der Waals surface area contributed by atoms with E-state index >= 15 is 0 Å². The first-order valence-corrected chi connectivity index (χ1v) is 15.5. The van der Waals surface area contributed by atoms with E-state index in [1.165, 1.54) is 55.6 Å². The molecule has 0 saturated heterocycles. The highest BCUT2D eigenvalue weighted by molar-refractivity contribution is 5.89. The number of hydrogen-bond donors (Lipinski definition) is 1. The van der Waals surface area contributed by atoms with E-state index < -0.39 is 0 Å². The lowest BCUT2D eigenvalue weighted by molar-refractivity contribution is 0.693. The summed E-state index contributed by atoms with van der Waals surface area (Å²) in [7, 11) is 0. The van der Waals surface area contributed by atoms with Crippen LogP contribution in [0.3, 0.4) is 0 Å². The molecule has 6 aromatic rings. The van der Waals surface area contributed by atoms with Crippen LogP contribution in [-0.4, -0.2) is 0 Å². The van der Waals surface area contributed by atoms with Crippen molar-refractivity contribution in [2.45, 2.75) is 18.3 Å². The fraction of sp³-hybridized carbons (Fsp3) is 0.0698. The average Bonchev–Trinajstić information content (AvgIpc) is 3.40. The first-order valence-electron chi connectivity index (χ1n) is 15.5. The number of para-hydroxylation sites is 1. The van der Waals surface area contributed by atoms with Crippen LogP contribution in [0.15, 0.2) is 175 Å². The molecule has 0 amide bonds. The smallest absolute Gasteiger partial charge is 0.0676 e. The van der Waals surface area contributed by atoms with Gasteiger partial charge in [0.05, 0.1) is 5.41 Å². The van der Waals surface area contributed by atoms with Crippen molar-refractivity contribution in [1.29, 1.82) is 0 Å². The third-order valence-corrected chi connectivity index (χ3v) is 9.23. The van der Waals surface area contributed by atoms with Gasteiger partial charge in [0.25, 0.3) is 0 Å². The second-order valence-corrected chi connectivity index (χ2v) is 11.7. The Balaban J connectivity index is 1.26. The Labute approximate surface area is 259 Å². The van der Waals surface area contributed by atoms with Crippen molar-refractivity contribution in [2.24, 2.45) is 0 Å². The maximum absolute atomic E-state index is 3.72. The molecule has 6 aromatic carbocycles. The summed E-state index contributed by atoms with van der Waals surface area (Å²) >= 11 is 0. The summed E-state index contributed by atoms with van der Waals surface area (Å²) in [5.74, 6) is 0. The van der Waals surface area contributed by atoms with Crippen LogP contribution in [0.25, 0.3) is 33.4 Å². The van der Waals surface area contributed by atoms with Crippen molar-refractivity contribution < 1.29 is 0 Å². The van der Waals surface area contributed by atoms with Crippen LogP contribution in [0.2, 0.25) is 0 Å². The summed E-state index contributed by atoms with van der Waals surface area (Å²) in [6, 6.07) is 55.1. The van der Waals surface area contributed by atoms with Gasteiger partial charge < -0.3 is 5.32 Å². The lowest BCUT2D eigenvalue weighted by atomic mass is 9.65. The van der Waals surface area contributed by atoms with Crippen molar-refractivity contribution in [3.8, 4) is 33.4 Å². The van der Waals surface area contributed by atoms with Crippen LogP contribution < -0.4 is 5.32 Å². The van der Waals surface area contributed by atoms with Crippen LogP contribution >= 0.6 is 0 Å². The van der Waals surface area contributed by atoms with Crippen molar-refractivity contribution in [3.63, 3.8) is 0 Å². The highest BCUT2D eigenvalue weighted by atomic mass is 14.9. The molecule has 8 rings (SSSR count). The van der Waals surface area contributed by atoms with Crippen LogP contribution in [0.4, 0.5) is 11.4 Å². The van der Waals surface area contributed by atoms with Crippen LogP contribution in [0.5, 0.6) is 0 Å². The van der Waals surface area contributed by atoms with Gasteiger partial charge in [-0.3, -0.25) is 0 Å². The van der Waals surface area contributed by atoms with E-state index in [1.807, 2.05) is 0 Å². The van der Waals surface area contributed by atoms with Crippen LogP contribution in [-0.2, 0) is 5.41 Å². The predicted octanol–water partition coefficient (Wildman–Crippen LogP) is 11.4. The molecule has 0 saturated carbocycles. The summed E-state index contributed by atoms with van der Waals surface area (Å²) in [6.07, 6.45) is 9.01. The van der Waals surface area contributed by atoms with E-state index in [2.05, 4.69) is 175 Å². The molecule has 0 aromatic heterocycles. The van der Waals surface area contributed by atoms with Gasteiger partial charge in [-0.05, 0) is 81.6 Å². The maximum atomic E-state index is 3.72. The quantitative estimate of drug-likeness (QED) is 0.212. The molecule has 1 N–H and O–H groups in total. The molecule has 210 valence electrons. The molecule has 0 heterocycles. The molecule has 44 heavy (non-hydrogen) atoms. The standard InChI is InChI=1S/C43H33N/c1-4-15-31(16-5-1)37-23-11-13-26-42(37)44-36-22-14-17-32(29-36)33-27-28-39-38-24-10-12-25-40(38)43(41(39)30-33,34-18-6-2-7-19-34)35-20-8-3-9-21-35/h1-8,10-20,22-30,44H,9,21H2. The topological polar surface area (TPSA) is 12.0 Å². The van der Waals surface area contributed by atoms with E-state index in [4.69, 9.17) is 0 Å². The van der Waals surface area contributed by atoms with Gasteiger partial charge in [0.15, 0.2) is 0 Å². The summed E-state index contributed by atoms with van der Waals surface area (Å²) in [4.78, 5) is 0. The van der Waals surface area contributed by atoms with E-state index in [0.717, 1.165) is 24.2 Å². The van der Waals surface area contributed by atoms with E-state index in [-0.39, 0.29) is 5.41 Å². The minimum absolute atomic E-state index is 0.321. The molecule has 1 nitrogen and oxygen atoms in total. The fourth-order valence-electron chi connectivity index (χ4n) is 7.30. The summed E-state index contributed by atoms with van der Waals surface area (Å²) in [5, 5.41) is 3.72. The molecule has 1 unspecified atom stereocenters. The lowest BCUT2D eigenvalue weighted by Gasteiger charge is -2.37. The first kappa shape index (κ1) is 26.2. The normalized spacial score (nSPS) is 16.6. The molecular weight excluding hydrogens is 530 g/mol. The van der Waals surface area contributed by atoms with Crippen molar-refractivity contribution in [1.82, 2.24) is 0 Å². The number of benzene rings is 6. The first-order chi connectivity index (χ1) is 21.8. The zero-order chi connectivity index (χ0) is 29.3. The number of allylic oxidation sites excluding steroid dienone is 4. The molecule has 0 aliphatic heterocycles. The number of rotatable bonds is 6. The molecule has 1 heteroatoms. The Morgan fingerprint density at radius 2 is 1.18 bits per heavy atom.